The van der Waals surface area contributed by atoms with Crippen LogP contribution in [0.5, 0.6) is 0 Å². The minimum atomic E-state index is -0.118. The number of aromatic nitrogens is 5. The molecule has 3 heterocycles. The molecule has 3 aromatic heterocycles. The topological polar surface area (TPSA) is 90.8 Å². The summed E-state index contributed by atoms with van der Waals surface area (Å²) < 4.78 is 9.32. The van der Waals surface area contributed by atoms with Crippen LogP contribution < -0.4 is 5.32 Å². The van der Waals surface area contributed by atoms with Crippen LogP contribution in [-0.2, 0) is 23.8 Å². The molecule has 0 unspecified atom stereocenters. The highest BCUT2D eigenvalue weighted by Gasteiger charge is 2.19. The van der Waals surface area contributed by atoms with Crippen LogP contribution in [0.3, 0.4) is 0 Å². The van der Waals surface area contributed by atoms with E-state index in [9.17, 15) is 4.79 Å². The fraction of sp³-hybridized carbons (Fsp3) is 0.360. The van der Waals surface area contributed by atoms with Crippen molar-refractivity contribution in [1.82, 2.24) is 24.5 Å². The number of rotatable bonds is 7. The lowest BCUT2D eigenvalue weighted by Gasteiger charge is -2.19. The standard InChI is InChI=1S/C25H30N6O2S/c1-16-22(17(2)30(6)29-16)26-21(32)15-34-24-28-27-23(31(24)14-20-8-7-13-33-20)18-9-11-19(12-10-18)25(3,4)5/h7-13H,14-15H2,1-6H3,(H,26,32). The van der Waals surface area contributed by atoms with Crippen LogP contribution >= 0.6 is 11.8 Å². The molecule has 178 valence electrons. The van der Waals surface area contributed by atoms with Crippen molar-refractivity contribution < 1.29 is 9.21 Å². The molecule has 4 aromatic rings. The fourth-order valence-corrected chi connectivity index (χ4v) is 4.43. The molecule has 1 N–H and O–H groups in total. The zero-order valence-corrected chi connectivity index (χ0v) is 21.2. The van der Waals surface area contributed by atoms with E-state index in [4.69, 9.17) is 4.42 Å². The Balaban J connectivity index is 1.56. The monoisotopic (exact) mass is 478 g/mol. The van der Waals surface area contributed by atoms with Crippen LogP contribution in [0.15, 0.2) is 52.2 Å². The van der Waals surface area contributed by atoms with Gasteiger partial charge in [-0.25, -0.2) is 0 Å². The molecule has 0 atom stereocenters. The summed E-state index contributed by atoms with van der Waals surface area (Å²) in [5.74, 6) is 1.61. The Morgan fingerprint density at radius 2 is 1.85 bits per heavy atom. The van der Waals surface area contributed by atoms with E-state index in [0.717, 1.165) is 34.2 Å². The fourth-order valence-electron chi connectivity index (χ4n) is 3.69. The highest BCUT2D eigenvalue weighted by Crippen LogP contribution is 2.29. The van der Waals surface area contributed by atoms with Crippen molar-refractivity contribution in [3.63, 3.8) is 0 Å². The second-order valence-electron chi connectivity index (χ2n) is 9.31. The van der Waals surface area contributed by atoms with Gasteiger partial charge in [0.25, 0.3) is 0 Å². The number of carbonyl (C=O) groups excluding carboxylic acids is 1. The van der Waals surface area contributed by atoms with E-state index in [0.29, 0.717) is 11.7 Å². The Morgan fingerprint density at radius 3 is 2.44 bits per heavy atom. The van der Waals surface area contributed by atoms with Gasteiger partial charge >= 0.3 is 0 Å². The van der Waals surface area contributed by atoms with Gasteiger partial charge < -0.3 is 9.73 Å². The second-order valence-corrected chi connectivity index (χ2v) is 10.2. The smallest absolute Gasteiger partial charge is 0.234 e. The highest BCUT2D eigenvalue weighted by molar-refractivity contribution is 7.99. The molecule has 34 heavy (non-hydrogen) atoms. The summed E-state index contributed by atoms with van der Waals surface area (Å²) in [6.07, 6.45) is 1.65. The number of furan rings is 1. The number of nitrogens with one attached hydrogen (secondary N) is 1. The van der Waals surface area contributed by atoms with Gasteiger partial charge in [0.2, 0.25) is 5.91 Å². The normalized spacial score (nSPS) is 11.7. The molecule has 0 fully saturated rings. The first-order valence-electron chi connectivity index (χ1n) is 11.1. The van der Waals surface area contributed by atoms with Crippen molar-refractivity contribution in [2.75, 3.05) is 11.1 Å². The van der Waals surface area contributed by atoms with Crippen LogP contribution in [0.1, 0.15) is 43.5 Å². The molecule has 0 aliphatic rings. The minimum absolute atomic E-state index is 0.0692. The Kier molecular flexibility index (Phi) is 6.65. The van der Waals surface area contributed by atoms with E-state index < -0.39 is 0 Å². The zero-order chi connectivity index (χ0) is 24.5. The molecule has 0 aliphatic heterocycles. The molecule has 0 aliphatic carbocycles. The number of amides is 1. The predicted molar refractivity (Wildman–Crippen MR) is 134 cm³/mol. The third-order valence-electron chi connectivity index (χ3n) is 5.73. The quantitative estimate of drug-likeness (QED) is 0.377. The van der Waals surface area contributed by atoms with Crippen LogP contribution in [-0.4, -0.2) is 36.2 Å². The van der Waals surface area contributed by atoms with Crippen molar-refractivity contribution in [3.8, 4) is 11.4 Å². The molecule has 8 nitrogen and oxygen atoms in total. The number of carbonyl (C=O) groups is 1. The first kappa shape index (κ1) is 23.8. The molecule has 0 saturated heterocycles. The Morgan fingerprint density at radius 1 is 1.12 bits per heavy atom. The van der Waals surface area contributed by atoms with Gasteiger partial charge in [0.1, 0.15) is 5.76 Å². The van der Waals surface area contributed by atoms with Crippen molar-refractivity contribution >= 4 is 23.4 Å². The lowest BCUT2D eigenvalue weighted by Crippen LogP contribution is -2.16. The van der Waals surface area contributed by atoms with Crippen molar-refractivity contribution in [1.29, 1.82) is 0 Å². The molecular formula is C25H30N6O2S. The van der Waals surface area contributed by atoms with Crippen LogP contribution in [0.2, 0.25) is 0 Å². The van der Waals surface area contributed by atoms with E-state index in [-0.39, 0.29) is 17.1 Å². The van der Waals surface area contributed by atoms with Gasteiger partial charge in [-0.15, -0.1) is 10.2 Å². The summed E-state index contributed by atoms with van der Waals surface area (Å²) >= 11 is 1.35. The molecule has 9 heteroatoms. The lowest BCUT2D eigenvalue weighted by molar-refractivity contribution is -0.113. The number of nitrogens with zero attached hydrogens (tertiary/aromatic N) is 5. The van der Waals surface area contributed by atoms with E-state index in [2.05, 4.69) is 65.6 Å². The molecule has 1 aromatic carbocycles. The third kappa shape index (κ3) is 5.09. The average molecular weight is 479 g/mol. The van der Waals surface area contributed by atoms with Gasteiger partial charge in [-0.1, -0.05) is 56.8 Å². The number of benzene rings is 1. The van der Waals surface area contributed by atoms with Crippen molar-refractivity contribution in [3.05, 3.63) is 65.4 Å². The number of aryl methyl sites for hydroxylation is 2. The molecular weight excluding hydrogens is 448 g/mol. The first-order valence-corrected chi connectivity index (χ1v) is 12.1. The molecule has 0 bridgehead atoms. The van der Waals surface area contributed by atoms with Gasteiger partial charge in [-0.3, -0.25) is 14.0 Å². The molecule has 0 spiro atoms. The minimum Gasteiger partial charge on any atom is -0.467 e. The van der Waals surface area contributed by atoms with Gasteiger partial charge in [0.05, 0.1) is 35.6 Å². The lowest BCUT2D eigenvalue weighted by atomic mass is 9.87. The summed E-state index contributed by atoms with van der Waals surface area (Å²) in [6, 6.07) is 12.2. The maximum absolute atomic E-state index is 12.7. The van der Waals surface area contributed by atoms with Crippen LogP contribution in [0.4, 0.5) is 5.69 Å². The number of hydrogen-bond acceptors (Lipinski definition) is 6. The Hall–Kier alpha value is -3.33. The number of hydrogen-bond donors (Lipinski definition) is 1. The Labute approximate surface area is 203 Å². The molecule has 0 radical (unpaired) electrons. The van der Waals surface area contributed by atoms with Gasteiger partial charge in [0.15, 0.2) is 11.0 Å². The van der Waals surface area contributed by atoms with Gasteiger partial charge in [-0.2, -0.15) is 5.10 Å². The largest absolute Gasteiger partial charge is 0.467 e. The summed E-state index contributed by atoms with van der Waals surface area (Å²) in [5, 5.41) is 16.8. The number of anilines is 1. The zero-order valence-electron chi connectivity index (χ0n) is 20.4. The van der Waals surface area contributed by atoms with E-state index in [1.807, 2.05) is 37.6 Å². The summed E-state index contributed by atoms with van der Waals surface area (Å²) in [5.41, 5.74) is 4.74. The predicted octanol–water partition coefficient (Wildman–Crippen LogP) is 4.97. The number of thioether (sulfide) groups is 1. The van der Waals surface area contributed by atoms with E-state index >= 15 is 0 Å². The summed E-state index contributed by atoms with van der Waals surface area (Å²) in [6.45, 7) is 10.9. The maximum atomic E-state index is 12.7. The van der Waals surface area contributed by atoms with Gasteiger partial charge in [-0.05, 0) is 37.0 Å². The molecule has 0 saturated carbocycles. The van der Waals surface area contributed by atoms with Crippen molar-refractivity contribution in [2.45, 2.75) is 51.7 Å². The van der Waals surface area contributed by atoms with E-state index in [1.165, 1.54) is 17.3 Å². The maximum Gasteiger partial charge on any atom is 0.234 e. The first-order chi connectivity index (χ1) is 16.1. The average Bonchev–Trinajstić information content (AvgIpc) is 3.50. The molecule has 4 rings (SSSR count). The van der Waals surface area contributed by atoms with Crippen LogP contribution in [0.25, 0.3) is 11.4 Å². The van der Waals surface area contributed by atoms with Crippen LogP contribution in [0, 0.1) is 13.8 Å². The van der Waals surface area contributed by atoms with Crippen molar-refractivity contribution in [2.24, 2.45) is 7.05 Å². The summed E-state index contributed by atoms with van der Waals surface area (Å²) in [4.78, 5) is 12.7. The Bertz CT molecular complexity index is 1280. The molecule has 1 amide bonds. The SMILES string of the molecule is Cc1nn(C)c(C)c1NC(=O)CSc1nnc(-c2ccc(C(C)(C)C)cc2)n1Cc1ccco1. The van der Waals surface area contributed by atoms with E-state index in [1.54, 1.807) is 10.9 Å². The summed E-state index contributed by atoms with van der Waals surface area (Å²) in [7, 11) is 1.86. The second kappa shape index (κ2) is 9.50. The third-order valence-corrected chi connectivity index (χ3v) is 6.69. The van der Waals surface area contributed by atoms with Gasteiger partial charge in [0, 0.05) is 12.6 Å². The highest BCUT2D eigenvalue weighted by atomic mass is 32.2.